The Morgan fingerprint density at radius 3 is 2.29 bits per heavy atom. The van der Waals surface area contributed by atoms with E-state index in [4.69, 9.17) is 9.84 Å². The van der Waals surface area contributed by atoms with Crippen molar-refractivity contribution in [2.75, 3.05) is 18.5 Å². The van der Waals surface area contributed by atoms with Gasteiger partial charge in [0.2, 0.25) is 0 Å². The van der Waals surface area contributed by atoms with Crippen LogP contribution in [-0.2, 0) is 9.53 Å². The Morgan fingerprint density at radius 1 is 0.943 bits per heavy atom. The van der Waals surface area contributed by atoms with E-state index in [0.29, 0.717) is 23.0 Å². The fourth-order valence-electron chi connectivity index (χ4n) is 4.20. The fourth-order valence-corrected chi connectivity index (χ4v) is 4.92. The first kappa shape index (κ1) is 24.4. The molecule has 0 saturated heterocycles. The summed E-state index contributed by atoms with van der Waals surface area (Å²) in [6.45, 7) is 0.698. The molecule has 3 aromatic rings. The molecule has 8 nitrogen and oxygen atoms in total. The summed E-state index contributed by atoms with van der Waals surface area (Å²) >= 11 is 1.08. The van der Waals surface area contributed by atoms with Crippen molar-refractivity contribution in [1.29, 1.82) is 0 Å². The Morgan fingerprint density at radius 2 is 1.60 bits per heavy atom. The second kappa shape index (κ2) is 11.6. The van der Waals surface area contributed by atoms with Gasteiger partial charge in [0.1, 0.15) is 11.5 Å². The van der Waals surface area contributed by atoms with Crippen molar-refractivity contribution in [2.45, 2.75) is 38.0 Å². The number of hydrogen-bond donors (Lipinski definition) is 3. The molecular formula is C26H27N3O5S. The van der Waals surface area contributed by atoms with Gasteiger partial charge in [-0.25, -0.2) is 9.78 Å². The van der Waals surface area contributed by atoms with Crippen LogP contribution in [0, 0.1) is 0 Å². The molecule has 1 aliphatic carbocycles. The Labute approximate surface area is 207 Å². The summed E-state index contributed by atoms with van der Waals surface area (Å²) in [7, 11) is 0. The number of aliphatic carboxylic acids is 1. The maximum atomic E-state index is 12.4. The second-order valence-electron chi connectivity index (χ2n) is 8.29. The molecule has 0 saturated carbocycles. The van der Waals surface area contributed by atoms with Crippen LogP contribution in [0.25, 0.3) is 11.1 Å². The zero-order valence-corrected chi connectivity index (χ0v) is 20.0. The summed E-state index contributed by atoms with van der Waals surface area (Å²) in [5, 5.41) is 14.3. The topological polar surface area (TPSA) is 118 Å². The van der Waals surface area contributed by atoms with E-state index in [1.165, 1.54) is 6.20 Å². The molecule has 0 fully saturated rings. The molecule has 2 amide bonds. The Hall–Kier alpha value is -3.72. The SMILES string of the molecule is O=C(O)CCCCCCNC(=O)c1cnc(NC(=O)OCC2c3ccccc3-c3ccccc32)s1. The lowest BCUT2D eigenvalue weighted by Gasteiger charge is -2.14. The van der Waals surface area contributed by atoms with Crippen molar-refractivity contribution < 1.29 is 24.2 Å². The molecule has 35 heavy (non-hydrogen) atoms. The minimum Gasteiger partial charge on any atom is -0.481 e. The van der Waals surface area contributed by atoms with Crippen LogP contribution >= 0.6 is 11.3 Å². The van der Waals surface area contributed by atoms with Crippen LogP contribution in [0.1, 0.15) is 58.8 Å². The summed E-state index contributed by atoms with van der Waals surface area (Å²) in [6, 6.07) is 16.3. The molecule has 182 valence electrons. The van der Waals surface area contributed by atoms with E-state index in [9.17, 15) is 14.4 Å². The molecular weight excluding hydrogens is 466 g/mol. The van der Waals surface area contributed by atoms with Crippen LogP contribution in [0.2, 0.25) is 0 Å². The van der Waals surface area contributed by atoms with E-state index in [2.05, 4.69) is 39.9 Å². The molecule has 9 heteroatoms. The van der Waals surface area contributed by atoms with Gasteiger partial charge in [-0.3, -0.25) is 14.9 Å². The third-order valence-electron chi connectivity index (χ3n) is 5.89. The van der Waals surface area contributed by atoms with Gasteiger partial charge in [-0.15, -0.1) is 0 Å². The lowest BCUT2D eigenvalue weighted by Crippen LogP contribution is -2.23. The van der Waals surface area contributed by atoms with Gasteiger partial charge in [-0.1, -0.05) is 72.7 Å². The number of aromatic nitrogens is 1. The maximum absolute atomic E-state index is 12.4. The molecule has 1 heterocycles. The molecule has 2 aromatic carbocycles. The number of nitrogens with zero attached hydrogens (tertiary/aromatic N) is 1. The molecule has 0 unspecified atom stereocenters. The standard InChI is InChI=1S/C26H27N3O5S/c30-23(31)13-3-1-2-8-14-27-24(32)22-15-28-25(35-22)29-26(33)34-16-21-19-11-6-4-9-17(19)18-10-5-7-12-20(18)21/h4-7,9-12,15,21H,1-3,8,13-14,16H2,(H,27,32)(H,30,31)(H,28,29,33). The number of carboxylic acid groups (broad SMARTS) is 1. The van der Waals surface area contributed by atoms with Gasteiger partial charge >= 0.3 is 12.1 Å². The first-order valence-electron chi connectivity index (χ1n) is 11.6. The molecule has 1 aromatic heterocycles. The van der Waals surface area contributed by atoms with E-state index >= 15 is 0 Å². The number of hydrogen-bond acceptors (Lipinski definition) is 6. The van der Waals surface area contributed by atoms with Crippen molar-refractivity contribution in [1.82, 2.24) is 10.3 Å². The van der Waals surface area contributed by atoms with Gasteiger partial charge in [0, 0.05) is 18.9 Å². The third-order valence-corrected chi connectivity index (χ3v) is 6.80. The Bertz CT molecular complexity index is 1160. The normalized spacial score (nSPS) is 12.0. The summed E-state index contributed by atoms with van der Waals surface area (Å²) in [5.74, 6) is -1.07. The van der Waals surface area contributed by atoms with Crippen molar-refractivity contribution in [3.05, 3.63) is 70.7 Å². The van der Waals surface area contributed by atoms with Crippen molar-refractivity contribution in [3.63, 3.8) is 0 Å². The second-order valence-corrected chi connectivity index (χ2v) is 9.32. The highest BCUT2D eigenvalue weighted by atomic mass is 32.1. The van der Waals surface area contributed by atoms with Crippen molar-refractivity contribution >= 4 is 34.4 Å². The van der Waals surface area contributed by atoms with Crippen LogP contribution in [0.4, 0.5) is 9.93 Å². The van der Waals surface area contributed by atoms with Crippen molar-refractivity contribution in [2.24, 2.45) is 0 Å². The van der Waals surface area contributed by atoms with Gasteiger partial charge in [0.25, 0.3) is 5.91 Å². The van der Waals surface area contributed by atoms with Gasteiger partial charge in [-0.2, -0.15) is 0 Å². The van der Waals surface area contributed by atoms with Gasteiger partial charge in [0.05, 0.1) is 6.20 Å². The number of nitrogens with one attached hydrogen (secondary N) is 2. The van der Waals surface area contributed by atoms with Crippen LogP contribution < -0.4 is 10.6 Å². The van der Waals surface area contributed by atoms with Gasteiger partial charge < -0.3 is 15.2 Å². The smallest absolute Gasteiger partial charge is 0.413 e. The number of benzene rings is 2. The number of carbonyl (C=O) groups is 3. The zero-order valence-electron chi connectivity index (χ0n) is 19.2. The average Bonchev–Trinajstić information content (AvgIpc) is 3.44. The predicted molar refractivity (Wildman–Crippen MR) is 134 cm³/mol. The molecule has 1 aliphatic rings. The summed E-state index contributed by atoms with van der Waals surface area (Å²) in [4.78, 5) is 39.7. The highest BCUT2D eigenvalue weighted by molar-refractivity contribution is 7.17. The minimum atomic E-state index is -0.786. The van der Waals surface area contributed by atoms with E-state index < -0.39 is 12.1 Å². The number of thiazole rings is 1. The van der Waals surface area contributed by atoms with Crippen LogP contribution in [0.5, 0.6) is 0 Å². The fraction of sp³-hybridized carbons (Fsp3) is 0.308. The summed E-state index contributed by atoms with van der Waals surface area (Å²) < 4.78 is 5.52. The first-order valence-corrected chi connectivity index (χ1v) is 12.4. The molecule has 0 spiro atoms. The lowest BCUT2D eigenvalue weighted by molar-refractivity contribution is -0.137. The largest absolute Gasteiger partial charge is 0.481 e. The highest BCUT2D eigenvalue weighted by Crippen LogP contribution is 2.44. The van der Waals surface area contributed by atoms with Gasteiger partial charge in [0.15, 0.2) is 5.13 Å². The molecule has 0 radical (unpaired) electrons. The number of carboxylic acids is 1. The predicted octanol–water partition coefficient (Wildman–Crippen LogP) is 5.27. The molecule has 0 bridgehead atoms. The number of ether oxygens (including phenoxy) is 1. The average molecular weight is 494 g/mol. The zero-order chi connectivity index (χ0) is 24.6. The number of rotatable bonds is 11. The number of carbonyl (C=O) groups excluding carboxylic acids is 2. The molecule has 4 rings (SSSR count). The van der Waals surface area contributed by atoms with Crippen LogP contribution in [-0.4, -0.2) is 41.2 Å². The summed E-state index contributed by atoms with van der Waals surface area (Å²) in [6.07, 6.45) is 4.06. The monoisotopic (exact) mass is 493 g/mol. The summed E-state index contributed by atoms with van der Waals surface area (Å²) in [5.41, 5.74) is 4.59. The van der Waals surface area contributed by atoms with Crippen LogP contribution in [0.3, 0.4) is 0 Å². The number of amides is 2. The van der Waals surface area contributed by atoms with E-state index in [1.807, 2.05) is 24.3 Å². The van der Waals surface area contributed by atoms with E-state index in [-0.39, 0.29) is 24.9 Å². The Kier molecular flexibility index (Phi) is 8.10. The lowest BCUT2D eigenvalue weighted by atomic mass is 9.98. The maximum Gasteiger partial charge on any atom is 0.413 e. The van der Waals surface area contributed by atoms with E-state index in [1.54, 1.807) is 0 Å². The first-order chi connectivity index (χ1) is 17.0. The highest BCUT2D eigenvalue weighted by Gasteiger charge is 2.29. The molecule has 3 N–H and O–H groups in total. The third kappa shape index (κ3) is 6.24. The Balaban J connectivity index is 1.23. The van der Waals surface area contributed by atoms with Gasteiger partial charge in [-0.05, 0) is 35.1 Å². The van der Waals surface area contributed by atoms with E-state index in [0.717, 1.165) is 52.9 Å². The number of anilines is 1. The quantitative estimate of drug-likeness (QED) is 0.313. The number of fused-ring (bicyclic) bond motifs is 3. The van der Waals surface area contributed by atoms with Crippen LogP contribution in [0.15, 0.2) is 54.7 Å². The molecule has 0 atom stereocenters. The number of unbranched alkanes of at least 4 members (excludes halogenated alkanes) is 3. The molecule has 0 aliphatic heterocycles. The van der Waals surface area contributed by atoms with Crippen molar-refractivity contribution in [3.8, 4) is 11.1 Å². The minimum absolute atomic E-state index is 0.0325.